The van der Waals surface area contributed by atoms with Gasteiger partial charge in [0.2, 0.25) is 0 Å². The monoisotopic (exact) mass is 486 g/mol. The smallest absolute Gasteiger partial charge is 0.272 e. The number of nitrogens with zero attached hydrogens (tertiary/aromatic N) is 4. The molecular formula is C25H23FN8O2. The number of aromatic amines is 1. The highest BCUT2D eigenvalue weighted by Gasteiger charge is 2.26. The fraction of sp³-hybridized carbons (Fsp3) is 0.200. The molecule has 0 aliphatic carbocycles. The average molecular weight is 487 g/mol. The molecule has 4 N–H and O–H groups in total. The lowest BCUT2D eigenvalue weighted by molar-refractivity contribution is 0.0741. The van der Waals surface area contributed by atoms with Crippen LogP contribution in [0.4, 0.5) is 21.7 Å². The van der Waals surface area contributed by atoms with Crippen molar-refractivity contribution in [2.45, 2.75) is 6.42 Å². The van der Waals surface area contributed by atoms with Crippen LogP contribution in [0.1, 0.15) is 21.6 Å². The van der Waals surface area contributed by atoms with E-state index in [1.807, 2.05) is 24.3 Å². The topological polar surface area (TPSA) is 118 Å². The van der Waals surface area contributed by atoms with Gasteiger partial charge in [-0.25, -0.2) is 14.5 Å². The van der Waals surface area contributed by atoms with Crippen LogP contribution in [-0.4, -0.2) is 52.2 Å². The third-order valence-corrected chi connectivity index (χ3v) is 6.56. The van der Waals surface area contributed by atoms with E-state index in [-0.39, 0.29) is 17.0 Å². The first kappa shape index (κ1) is 22.0. The zero-order valence-electron chi connectivity index (χ0n) is 19.2. The van der Waals surface area contributed by atoms with Gasteiger partial charge in [0.15, 0.2) is 5.82 Å². The molecule has 2 aliphatic heterocycles. The van der Waals surface area contributed by atoms with Crippen LogP contribution in [0.15, 0.2) is 59.4 Å². The van der Waals surface area contributed by atoms with Gasteiger partial charge in [0, 0.05) is 38.0 Å². The van der Waals surface area contributed by atoms with E-state index in [0.29, 0.717) is 43.7 Å². The maximum absolute atomic E-state index is 14.7. The van der Waals surface area contributed by atoms with Crippen molar-refractivity contribution in [2.75, 3.05) is 41.9 Å². The zero-order valence-corrected chi connectivity index (χ0v) is 19.2. The minimum Gasteiger partial charge on any atom is -0.353 e. The summed E-state index contributed by atoms with van der Waals surface area (Å²) in [5, 5.41) is 7.99. The quantitative estimate of drug-likeness (QED) is 0.347. The largest absolute Gasteiger partial charge is 0.353 e. The van der Waals surface area contributed by atoms with Crippen LogP contribution in [0, 0.1) is 5.82 Å². The van der Waals surface area contributed by atoms with Gasteiger partial charge in [0.25, 0.3) is 11.5 Å². The van der Waals surface area contributed by atoms with E-state index in [1.165, 1.54) is 6.07 Å². The first-order valence-electron chi connectivity index (χ1n) is 11.6. The number of amides is 1. The summed E-state index contributed by atoms with van der Waals surface area (Å²) in [6.45, 7) is 2.09. The molecule has 10 nitrogen and oxygen atoms in total. The van der Waals surface area contributed by atoms with Crippen LogP contribution in [0.2, 0.25) is 0 Å². The van der Waals surface area contributed by atoms with E-state index in [1.54, 1.807) is 29.2 Å². The number of hydrogen-bond donors (Lipinski definition) is 4. The fourth-order valence-electron chi connectivity index (χ4n) is 4.63. The molecule has 2 aromatic heterocycles. The van der Waals surface area contributed by atoms with Crippen molar-refractivity contribution in [1.29, 1.82) is 0 Å². The summed E-state index contributed by atoms with van der Waals surface area (Å²) in [7, 11) is 0. The number of piperazine rings is 1. The number of carbonyl (C=O) groups is 1. The second kappa shape index (κ2) is 8.93. The minimum atomic E-state index is -0.558. The summed E-state index contributed by atoms with van der Waals surface area (Å²) in [4.78, 5) is 33.7. The molecule has 0 atom stereocenters. The number of pyridine rings is 1. The molecular weight excluding hydrogens is 463 g/mol. The number of anilines is 3. The Labute approximate surface area is 205 Å². The van der Waals surface area contributed by atoms with E-state index in [4.69, 9.17) is 0 Å². The number of fused-ring (bicyclic) bond motifs is 2. The van der Waals surface area contributed by atoms with Crippen LogP contribution in [0.5, 0.6) is 0 Å². The third-order valence-electron chi connectivity index (χ3n) is 6.56. The Morgan fingerprint density at radius 2 is 1.78 bits per heavy atom. The number of H-pyrrole nitrogens is 1. The molecule has 1 saturated heterocycles. The highest BCUT2D eigenvalue weighted by Crippen LogP contribution is 2.26. The number of rotatable bonds is 4. The molecule has 4 aromatic rings. The van der Waals surface area contributed by atoms with Gasteiger partial charge in [-0.15, -0.1) is 5.53 Å². The van der Waals surface area contributed by atoms with E-state index in [2.05, 4.69) is 36.5 Å². The minimum absolute atomic E-state index is 0.0340. The lowest BCUT2D eigenvalue weighted by Crippen LogP contribution is -2.49. The molecule has 0 unspecified atom stereocenters. The number of nitrogens with one attached hydrogen (secondary N) is 4. The highest BCUT2D eigenvalue weighted by molar-refractivity contribution is 5.95. The van der Waals surface area contributed by atoms with Gasteiger partial charge in [0.05, 0.1) is 22.3 Å². The summed E-state index contributed by atoms with van der Waals surface area (Å²) in [6, 6.07) is 15.6. The second-order valence-corrected chi connectivity index (χ2v) is 8.76. The van der Waals surface area contributed by atoms with Gasteiger partial charge in [-0.05, 0) is 35.9 Å². The summed E-state index contributed by atoms with van der Waals surface area (Å²) in [6.07, 6.45) is 0.355. The van der Waals surface area contributed by atoms with Crippen LogP contribution >= 0.6 is 0 Å². The molecule has 2 aliphatic rings. The maximum Gasteiger partial charge on any atom is 0.272 e. The maximum atomic E-state index is 14.7. The number of hydrazine groups is 2. The van der Waals surface area contributed by atoms with Crippen molar-refractivity contribution in [3.63, 3.8) is 0 Å². The van der Waals surface area contributed by atoms with Crippen molar-refractivity contribution in [3.05, 3.63) is 87.6 Å². The van der Waals surface area contributed by atoms with Crippen molar-refractivity contribution >= 4 is 34.0 Å². The molecule has 6 rings (SSSR count). The second-order valence-electron chi connectivity index (χ2n) is 8.76. The third kappa shape index (κ3) is 3.99. The molecule has 0 saturated carbocycles. The van der Waals surface area contributed by atoms with Gasteiger partial charge in [-0.2, -0.15) is 5.10 Å². The summed E-state index contributed by atoms with van der Waals surface area (Å²) >= 11 is 0. The molecule has 1 amide bonds. The fourth-order valence-corrected chi connectivity index (χ4v) is 4.63. The number of aromatic nitrogens is 3. The molecule has 11 heteroatoms. The number of halogens is 1. The Hall–Kier alpha value is -4.51. The molecule has 0 spiro atoms. The standard InChI is InChI=1S/C25H23FN8O2/c26-19-6-5-15(14-21-16-3-1-2-4-17(16)24(35)31-28-21)13-18(19)25(36)34-11-9-33(10-12-34)22-8-7-20-23(27-22)30-32-29-20/h1-8,13,29,32H,9-12,14H2,(H,27,30)(H,31,35). The van der Waals surface area contributed by atoms with Gasteiger partial charge >= 0.3 is 0 Å². The van der Waals surface area contributed by atoms with E-state index in [0.717, 1.165) is 28.3 Å². The molecule has 36 heavy (non-hydrogen) atoms. The van der Waals surface area contributed by atoms with Crippen molar-refractivity contribution < 1.29 is 9.18 Å². The Morgan fingerprint density at radius 3 is 2.61 bits per heavy atom. The Morgan fingerprint density at radius 1 is 0.972 bits per heavy atom. The predicted octanol–water partition coefficient (Wildman–Crippen LogP) is 2.27. The van der Waals surface area contributed by atoms with Crippen LogP contribution in [0.25, 0.3) is 10.8 Å². The van der Waals surface area contributed by atoms with Crippen molar-refractivity contribution in [3.8, 4) is 0 Å². The van der Waals surface area contributed by atoms with E-state index < -0.39 is 5.82 Å². The molecule has 0 bridgehead atoms. The first-order valence-corrected chi connectivity index (χ1v) is 11.6. The molecule has 1 fully saturated rings. The van der Waals surface area contributed by atoms with Crippen LogP contribution in [0.3, 0.4) is 0 Å². The molecule has 2 aromatic carbocycles. The lowest BCUT2D eigenvalue weighted by atomic mass is 10.0. The average Bonchev–Trinajstić information content (AvgIpc) is 3.39. The predicted molar refractivity (Wildman–Crippen MR) is 134 cm³/mol. The molecule has 4 heterocycles. The van der Waals surface area contributed by atoms with Crippen molar-refractivity contribution in [2.24, 2.45) is 0 Å². The van der Waals surface area contributed by atoms with Gasteiger partial charge in [-0.3, -0.25) is 15.0 Å². The number of carbonyl (C=O) groups excluding carboxylic acids is 1. The lowest BCUT2D eigenvalue weighted by Gasteiger charge is -2.35. The van der Waals surface area contributed by atoms with Gasteiger partial charge < -0.3 is 15.2 Å². The Bertz CT molecular complexity index is 1530. The van der Waals surface area contributed by atoms with Crippen LogP contribution in [-0.2, 0) is 6.42 Å². The van der Waals surface area contributed by atoms with E-state index >= 15 is 0 Å². The van der Waals surface area contributed by atoms with Gasteiger partial charge in [0.1, 0.15) is 11.6 Å². The summed E-state index contributed by atoms with van der Waals surface area (Å²) in [5.74, 6) is 0.629. The van der Waals surface area contributed by atoms with Crippen LogP contribution < -0.4 is 26.8 Å². The number of benzene rings is 2. The molecule has 182 valence electrons. The summed E-state index contributed by atoms with van der Waals surface area (Å²) in [5.41, 5.74) is 10.7. The Balaban J connectivity index is 1.18. The zero-order chi connectivity index (χ0) is 24.6. The summed E-state index contributed by atoms with van der Waals surface area (Å²) < 4.78 is 14.7. The molecule has 0 radical (unpaired) electrons. The van der Waals surface area contributed by atoms with Gasteiger partial charge in [-0.1, -0.05) is 24.3 Å². The normalized spacial score (nSPS) is 14.9. The van der Waals surface area contributed by atoms with E-state index in [9.17, 15) is 14.0 Å². The van der Waals surface area contributed by atoms with Crippen molar-refractivity contribution in [1.82, 2.24) is 25.6 Å². The highest BCUT2D eigenvalue weighted by atomic mass is 19.1. The number of hydrogen-bond acceptors (Lipinski definition) is 8. The SMILES string of the molecule is O=C(c1cc(Cc2n[nH]c(=O)c3ccccc23)ccc1F)N1CCN(c2ccc3c(n2)NNN3)CC1. The first-order chi connectivity index (χ1) is 17.6. The Kier molecular flexibility index (Phi) is 5.45.